The van der Waals surface area contributed by atoms with Gasteiger partial charge in [0.25, 0.3) is 0 Å². The van der Waals surface area contributed by atoms with Gasteiger partial charge in [0.1, 0.15) is 0 Å². The summed E-state index contributed by atoms with van der Waals surface area (Å²) in [7, 11) is 0. The van der Waals surface area contributed by atoms with E-state index in [9.17, 15) is 9.59 Å². The summed E-state index contributed by atoms with van der Waals surface area (Å²) < 4.78 is 5.09. The van der Waals surface area contributed by atoms with Crippen molar-refractivity contribution in [3.05, 3.63) is 29.4 Å². The minimum absolute atomic E-state index is 0.224. The molecular weight excluding hydrogens is 376 g/mol. The molecule has 1 aromatic heterocycles. The number of carbonyl (C=O) groups excluding carboxylic acids is 2. The van der Waals surface area contributed by atoms with Crippen molar-refractivity contribution in [2.75, 3.05) is 10.6 Å². The third-order valence-electron chi connectivity index (χ3n) is 4.61. The normalized spacial score (nSPS) is 14.7. The van der Waals surface area contributed by atoms with Gasteiger partial charge in [0, 0.05) is 23.4 Å². The van der Waals surface area contributed by atoms with Gasteiger partial charge in [0.2, 0.25) is 0 Å². The highest BCUT2D eigenvalue weighted by atomic mass is 32.1. The summed E-state index contributed by atoms with van der Waals surface area (Å²) in [5.41, 5.74) is 7.19. The molecule has 0 bridgehead atoms. The first-order valence-corrected chi connectivity index (χ1v) is 10.4. The van der Waals surface area contributed by atoms with Crippen LogP contribution < -0.4 is 16.4 Å². The zero-order valence-corrected chi connectivity index (χ0v) is 17.0. The van der Waals surface area contributed by atoms with Crippen LogP contribution in [0.2, 0.25) is 0 Å². The van der Waals surface area contributed by atoms with Crippen LogP contribution in [-0.2, 0) is 4.74 Å². The molecule has 2 aromatic rings. The SMILES string of the molecule is CC(C)OC(=O)Nc1ccc(-c2cnc(C3CCCCC3)s2)c(NC(N)=O)c1. The Labute approximate surface area is 168 Å². The number of nitrogens with zero attached hydrogens (tertiary/aromatic N) is 1. The first-order chi connectivity index (χ1) is 13.4. The summed E-state index contributed by atoms with van der Waals surface area (Å²) >= 11 is 1.65. The number of primary amides is 1. The van der Waals surface area contributed by atoms with Crippen molar-refractivity contribution in [3.63, 3.8) is 0 Å². The number of carbonyl (C=O) groups is 2. The first-order valence-electron chi connectivity index (χ1n) is 9.56. The predicted molar refractivity (Wildman–Crippen MR) is 112 cm³/mol. The number of urea groups is 1. The van der Waals surface area contributed by atoms with E-state index in [-0.39, 0.29) is 6.10 Å². The molecule has 0 radical (unpaired) electrons. The van der Waals surface area contributed by atoms with Gasteiger partial charge in [-0.1, -0.05) is 19.3 Å². The Morgan fingerprint density at radius 1 is 1.21 bits per heavy atom. The summed E-state index contributed by atoms with van der Waals surface area (Å²) in [6.45, 7) is 3.55. The van der Waals surface area contributed by atoms with Crippen molar-refractivity contribution >= 4 is 34.8 Å². The Morgan fingerprint density at radius 3 is 2.64 bits per heavy atom. The second-order valence-electron chi connectivity index (χ2n) is 7.23. The van der Waals surface area contributed by atoms with Crippen LogP contribution in [0.5, 0.6) is 0 Å². The standard InChI is InChI=1S/C20H26N4O3S/c1-12(2)27-20(26)23-14-8-9-15(16(10-14)24-19(21)25)17-11-22-18(28-17)13-6-4-3-5-7-13/h8-13H,3-7H2,1-2H3,(H,23,26)(H3,21,24,25). The number of nitrogens with one attached hydrogen (secondary N) is 2. The maximum Gasteiger partial charge on any atom is 0.411 e. The van der Waals surface area contributed by atoms with Gasteiger partial charge in [-0.05, 0) is 44.9 Å². The van der Waals surface area contributed by atoms with Gasteiger partial charge in [0.05, 0.1) is 21.7 Å². The molecule has 150 valence electrons. The predicted octanol–water partition coefficient (Wildman–Crippen LogP) is 5.31. The fourth-order valence-electron chi connectivity index (χ4n) is 3.38. The largest absolute Gasteiger partial charge is 0.447 e. The van der Waals surface area contributed by atoms with E-state index in [4.69, 9.17) is 10.5 Å². The van der Waals surface area contributed by atoms with Gasteiger partial charge < -0.3 is 15.8 Å². The molecule has 28 heavy (non-hydrogen) atoms. The molecule has 1 saturated carbocycles. The molecule has 0 spiro atoms. The highest BCUT2D eigenvalue weighted by Crippen LogP contribution is 2.40. The number of thiazole rings is 1. The summed E-state index contributed by atoms with van der Waals surface area (Å²) in [5.74, 6) is 0.520. The number of aromatic nitrogens is 1. The maximum absolute atomic E-state index is 11.8. The lowest BCUT2D eigenvalue weighted by Gasteiger charge is -2.18. The Balaban J connectivity index is 1.84. The molecule has 0 atom stereocenters. The number of anilines is 2. The summed E-state index contributed by atoms with van der Waals surface area (Å²) in [4.78, 5) is 28.9. The Hall–Kier alpha value is -2.61. The van der Waals surface area contributed by atoms with Crippen molar-refractivity contribution in [3.8, 4) is 10.4 Å². The van der Waals surface area contributed by atoms with Crippen LogP contribution in [0.4, 0.5) is 21.0 Å². The van der Waals surface area contributed by atoms with Crippen molar-refractivity contribution in [1.29, 1.82) is 0 Å². The van der Waals surface area contributed by atoms with E-state index in [1.54, 1.807) is 37.3 Å². The Morgan fingerprint density at radius 2 is 1.96 bits per heavy atom. The first kappa shape index (κ1) is 20.1. The van der Waals surface area contributed by atoms with Crippen molar-refractivity contribution < 1.29 is 14.3 Å². The lowest BCUT2D eigenvalue weighted by molar-refractivity contribution is 0.130. The molecule has 1 aliphatic rings. The molecule has 4 N–H and O–H groups in total. The van der Waals surface area contributed by atoms with Gasteiger partial charge in [-0.3, -0.25) is 5.32 Å². The van der Waals surface area contributed by atoms with Gasteiger partial charge in [-0.25, -0.2) is 14.6 Å². The van der Waals surface area contributed by atoms with Crippen molar-refractivity contribution in [1.82, 2.24) is 4.98 Å². The molecule has 0 unspecified atom stereocenters. The molecule has 1 aliphatic carbocycles. The van der Waals surface area contributed by atoms with Gasteiger partial charge in [0.15, 0.2) is 0 Å². The fourth-order valence-corrected chi connectivity index (χ4v) is 4.51. The van der Waals surface area contributed by atoms with Crippen LogP contribution in [0.15, 0.2) is 24.4 Å². The summed E-state index contributed by atoms with van der Waals surface area (Å²) in [6, 6.07) is 4.61. The number of benzene rings is 1. The lowest BCUT2D eigenvalue weighted by atomic mass is 9.90. The third kappa shape index (κ3) is 5.22. The van der Waals surface area contributed by atoms with E-state index >= 15 is 0 Å². The van der Waals surface area contributed by atoms with Crippen LogP contribution in [-0.4, -0.2) is 23.2 Å². The van der Waals surface area contributed by atoms with Crippen LogP contribution in [0.3, 0.4) is 0 Å². The highest BCUT2D eigenvalue weighted by molar-refractivity contribution is 7.15. The minimum atomic E-state index is -0.667. The number of hydrogen-bond acceptors (Lipinski definition) is 5. The number of hydrogen-bond donors (Lipinski definition) is 3. The zero-order chi connectivity index (χ0) is 20.1. The Kier molecular flexibility index (Phi) is 6.51. The summed E-state index contributed by atoms with van der Waals surface area (Å²) in [6.07, 6.45) is 7.23. The molecule has 1 fully saturated rings. The fraction of sp³-hybridized carbons (Fsp3) is 0.450. The molecule has 3 rings (SSSR count). The van der Waals surface area contributed by atoms with Crippen LogP contribution in [0, 0.1) is 0 Å². The van der Waals surface area contributed by atoms with Crippen molar-refractivity contribution in [2.24, 2.45) is 5.73 Å². The molecular formula is C20H26N4O3S. The highest BCUT2D eigenvalue weighted by Gasteiger charge is 2.20. The second kappa shape index (κ2) is 9.05. The van der Waals surface area contributed by atoms with E-state index in [0.29, 0.717) is 17.3 Å². The van der Waals surface area contributed by atoms with Gasteiger partial charge in [-0.2, -0.15) is 0 Å². The van der Waals surface area contributed by atoms with E-state index < -0.39 is 12.1 Å². The molecule has 3 amide bonds. The van der Waals surface area contributed by atoms with Crippen LogP contribution >= 0.6 is 11.3 Å². The lowest BCUT2D eigenvalue weighted by Crippen LogP contribution is -2.20. The van der Waals surface area contributed by atoms with E-state index in [0.717, 1.165) is 15.4 Å². The molecule has 1 heterocycles. The summed E-state index contributed by atoms with van der Waals surface area (Å²) in [5, 5.41) is 6.44. The quantitative estimate of drug-likeness (QED) is 0.630. The van der Waals surface area contributed by atoms with Crippen molar-refractivity contribution in [2.45, 2.75) is 58.0 Å². The number of nitrogens with two attached hydrogens (primary N) is 1. The number of amides is 3. The number of ether oxygens (including phenoxy) is 1. The van der Waals surface area contributed by atoms with Gasteiger partial charge >= 0.3 is 12.1 Å². The second-order valence-corrected chi connectivity index (χ2v) is 8.29. The molecule has 1 aromatic carbocycles. The molecule has 0 saturated heterocycles. The maximum atomic E-state index is 11.8. The molecule has 8 heteroatoms. The molecule has 0 aliphatic heterocycles. The monoisotopic (exact) mass is 402 g/mol. The molecule has 7 nitrogen and oxygen atoms in total. The average molecular weight is 403 g/mol. The Bertz CT molecular complexity index is 844. The topological polar surface area (TPSA) is 106 Å². The van der Waals surface area contributed by atoms with E-state index in [2.05, 4.69) is 15.6 Å². The van der Waals surface area contributed by atoms with E-state index in [1.165, 1.54) is 32.1 Å². The average Bonchev–Trinajstić information content (AvgIpc) is 3.11. The van der Waals surface area contributed by atoms with Crippen LogP contribution in [0.25, 0.3) is 10.4 Å². The van der Waals surface area contributed by atoms with Crippen LogP contribution in [0.1, 0.15) is 56.9 Å². The smallest absolute Gasteiger partial charge is 0.411 e. The minimum Gasteiger partial charge on any atom is -0.447 e. The van der Waals surface area contributed by atoms with Gasteiger partial charge in [-0.15, -0.1) is 11.3 Å². The number of rotatable bonds is 5. The third-order valence-corrected chi connectivity index (χ3v) is 5.80. The zero-order valence-electron chi connectivity index (χ0n) is 16.2. The van der Waals surface area contributed by atoms with E-state index in [1.807, 2.05) is 12.3 Å².